The SMILES string of the molecule is Cc1cc(C(O)C(O)CC(=O)O)cc(C)c1Cl. The molecule has 0 saturated carbocycles. The van der Waals surface area contributed by atoms with E-state index >= 15 is 0 Å². The quantitative estimate of drug-likeness (QED) is 0.770. The van der Waals surface area contributed by atoms with Crippen LogP contribution in [0.2, 0.25) is 5.02 Å². The second-order valence-corrected chi connectivity index (χ2v) is 4.46. The summed E-state index contributed by atoms with van der Waals surface area (Å²) in [6, 6.07) is 3.29. The van der Waals surface area contributed by atoms with Gasteiger partial charge in [0.1, 0.15) is 6.10 Å². The summed E-state index contributed by atoms with van der Waals surface area (Å²) in [5, 5.41) is 28.5. The molecule has 94 valence electrons. The molecule has 2 unspecified atom stereocenters. The van der Waals surface area contributed by atoms with Gasteiger partial charge in [0.05, 0.1) is 12.5 Å². The van der Waals surface area contributed by atoms with Gasteiger partial charge >= 0.3 is 5.97 Å². The number of carboxylic acid groups (broad SMARTS) is 1. The number of aliphatic carboxylic acids is 1. The molecule has 0 aromatic heterocycles. The van der Waals surface area contributed by atoms with E-state index in [2.05, 4.69) is 0 Å². The normalized spacial score (nSPS) is 14.4. The number of benzene rings is 1. The molecule has 0 spiro atoms. The molecule has 3 N–H and O–H groups in total. The first-order valence-electron chi connectivity index (χ1n) is 5.17. The number of halogens is 1. The number of hydrogen-bond donors (Lipinski definition) is 3. The van der Waals surface area contributed by atoms with Crippen LogP contribution in [-0.2, 0) is 4.79 Å². The average Bonchev–Trinajstić information content (AvgIpc) is 2.23. The lowest BCUT2D eigenvalue weighted by Gasteiger charge is -2.18. The molecular weight excluding hydrogens is 244 g/mol. The van der Waals surface area contributed by atoms with E-state index in [4.69, 9.17) is 16.7 Å². The lowest BCUT2D eigenvalue weighted by molar-refractivity contribution is -0.141. The highest BCUT2D eigenvalue weighted by atomic mass is 35.5. The lowest BCUT2D eigenvalue weighted by atomic mass is 9.98. The topological polar surface area (TPSA) is 77.8 Å². The van der Waals surface area contributed by atoms with Crippen molar-refractivity contribution in [1.82, 2.24) is 0 Å². The molecule has 1 aromatic carbocycles. The van der Waals surface area contributed by atoms with E-state index in [9.17, 15) is 15.0 Å². The Kier molecular flexibility index (Phi) is 4.51. The highest BCUT2D eigenvalue weighted by molar-refractivity contribution is 6.32. The van der Waals surface area contributed by atoms with Gasteiger partial charge in [0.25, 0.3) is 0 Å². The highest BCUT2D eigenvalue weighted by Crippen LogP contribution is 2.27. The first-order valence-corrected chi connectivity index (χ1v) is 5.55. The third kappa shape index (κ3) is 3.43. The number of aliphatic hydroxyl groups is 2. The van der Waals surface area contributed by atoms with Gasteiger partial charge in [-0.25, -0.2) is 0 Å². The fourth-order valence-corrected chi connectivity index (χ4v) is 1.77. The molecule has 0 aliphatic heterocycles. The van der Waals surface area contributed by atoms with Crippen LogP contribution >= 0.6 is 11.6 Å². The fraction of sp³-hybridized carbons (Fsp3) is 0.417. The van der Waals surface area contributed by atoms with Crippen molar-refractivity contribution in [3.63, 3.8) is 0 Å². The Bertz CT molecular complexity index is 408. The lowest BCUT2D eigenvalue weighted by Crippen LogP contribution is -2.22. The Labute approximate surface area is 104 Å². The van der Waals surface area contributed by atoms with Gasteiger partial charge in [0.15, 0.2) is 0 Å². The van der Waals surface area contributed by atoms with Crippen molar-refractivity contribution in [3.05, 3.63) is 33.8 Å². The average molecular weight is 259 g/mol. The monoisotopic (exact) mass is 258 g/mol. The summed E-state index contributed by atoms with van der Waals surface area (Å²) in [4.78, 5) is 10.4. The summed E-state index contributed by atoms with van der Waals surface area (Å²) in [6.07, 6.45) is -3.05. The fourth-order valence-electron chi connectivity index (χ4n) is 1.66. The van der Waals surface area contributed by atoms with Gasteiger partial charge in [-0.15, -0.1) is 0 Å². The third-order valence-corrected chi connectivity index (χ3v) is 3.14. The summed E-state index contributed by atoms with van der Waals surface area (Å²) in [7, 11) is 0. The van der Waals surface area contributed by atoms with E-state index < -0.39 is 24.6 Å². The predicted molar refractivity (Wildman–Crippen MR) is 64.1 cm³/mol. The minimum Gasteiger partial charge on any atom is -0.481 e. The van der Waals surface area contributed by atoms with Gasteiger partial charge in [0.2, 0.25) is 0 Å². The zero-order valence-electron chi connectivity index (χ0n) is 9.64. The predicted octanol–water partition coefficient (Wildman–Crippen LogP) is 1.83. The van der Waals surface area contributed by atoms with Crippen LogP contribution in [0.15, 0.2) is 12.1 Å². The number of aryl methyl sites for hydroxylation is 2. The van der Waals surface area contributed by atoms with E-state index in [1.165, 1.54) is 0 Å². The molecule has 0 amide bonds. The first kappa shape index (κ1) is 14.0. The van der Waals surface area contributed by atoms with Crippen molar-refractivity contribution < 1.29 is 20.1 Å². The summed E-state index contributed by atoms with van der Waals surface area (Å²) in [5.41, 5.74) is 2.03. The maximum Gasteiger partial charge on any atom is 0.306 e. The molecule has 2 atom stereocenters. The summed E-state index contributed by atoms with van der Waals surface area (Å²) in [6.45, 7) is 3.57. The molecule has 1 aromatic rings. The Morgan fingerprint density at radius 3 is 2.18 bits per heavy atom. The molecule has 0 fully saturated rings. The molecule has 4 nitrogen and oxygen atoms in total. The highest BCUT2D eigenvalue weighted by Gasteiger charge is 2.22. The third-order valence-electron chi connectivity index (χ3n) is 2.55. The van der Waals surface area contributed by atoms with Gasteiger partial charge in [-0.3, -0.25) is 4.79 Å². The standard InChI is InChI=1S/C12H15ClO4/c1-6-3-8(4-7(2)11(6)13)12(17)9(14)5-10(15)16/h3-4,9,12,14,17H,5H2,1-2H3,(H,15,16). The second kappa shape index (κ2) is 5.49. The number of hydrogen-bond acceptors (Lipinski definition) is 3. The molecule has 17 heavy (non-hydrogen) atoms. The van der Waals surface area contributed by atoms with Crippen molar-refractivity contribution in [2.45, 2.75) is 32.5 Å². The number of carbonyl (C=O) groups is 1. The van der Waals surface area contributed by atoms with Crippen molar-refractivity contribution in [3.8, 4) is 0 Å². The molecule has 0 heterocycles. The van der Waals surface area contributed by atoms with Crippen LogP contribution in [0.1, 0.15) is 29.2 Å². The van der Waals surface area contributed by atoms with Crippen molar-refractivity contribution in [2.75, 3.05) is 0 Å². The molecule has 0 saturated heterocycles. The van der Waals surface area contributed by atoms with E-state index in [1.807, 2.05) is 0 Å². The summed E-state index contributed by atoms with van der Waals surface area (Å²) >= 11 is 5.98. The zero-order chi connectivity index (χ0) is 13.2. The minimum atomic E-state index is -1.33. The number of carboxylic acids is 1. The summed E-state index contributed by atoms with van der Waals surface area (Å²) < 4.78 is 0. The van der Waals surface area contributed by atoms with Crippen LogP contribution in [0, 0.1) is 13.8 Å². The van der Waals surface area contributed by atoms with Crippen molar-refractivity contribution in [2.24, 2.45) is 0 Å². The van der Waals surface area contributed by atoms with E-state index in [0.29, 0.717) is 10.6 Å². The van der Waals surface area contributed by atoms with E-state index in [-0.39, 0.29) is 0 Å². The van der Waals surface area contributed by atoms with Crippen LogP contribution in [0.25, 0.3) is 0 Å². The van der Waals surface area contributed by atoms with Crippen LogP contribution in [0.5, 0.6) is 0 Å². The van der Waals surface area contributed by atoms with E-state index in [1.54, 1.807) is 26.0 Å². The van der Waals surface area contributed by atoms with Crippen LogP contribution in [0.3, 0.4) is 0 Å². The molecule has 0 aliphatic carbocycles. The van der Waals surface area contributed by atoms with Gasteiger partial charge in [-0.2, -0.15) is 0 Å². The van der Waals surface area contributed by atoms with Crippen molar-refractivity contribution in [1.29, 1.82) is 0 Å². The maximum absolute atomic E-state index is 10.4. The van der Waals surface area contributed by atoms with Gasteiger partial charge in [-0.05, 0) is 30.5 Å². The molecule has 0 radical (unpaired) electrons. The van der Waals surface area contributed by atoms with E-state index in [0.717, 1.165) is 11.1 Å². The number of rotatable bonds is 4. The van der Waals surface area contributed by atoms with Crippen molar-refractivity contribution >= 4 is 17.6 Å². The zero-order valence-corrected chi connectivity index (χ0v) is 10.4. The Morgan fingerprint density at radius 1 is 1.29 bits per heavy atom. The van der Waals surface area contributed by atoms with Crippen LogP contribution < -0.4 is 0 Å². The molecule has 0 bridgehead atoms. The smallest absolute Gasteiger partial charge is 0.306 e. The Morgan fingerprint density at radius 2 is 1.76 bits per heavy atom. The number of aliphatic hydroxyl groups excluding tert-OH is 2. The second-order valence-electron chi connectivity index (χ2n) is 4.08. The Hall–Kier alpha value is -1.10. The summed E-state index contributed by atoms with van der Waals surface area (Å²) in [5.74, 6) is -1.15. The van der Waals surface area contributed by atoms with Crippen LogP contribution in [0.4, 0.5) is 0 Å². The van der Waals surface area contributed by atoms with Gasteiger partial charge < -0.3 is 15.3 Å². The molecule has 1 rings (SSSR count). The van der Waals surface area contributed by atoms with Crippen LogP contribution in [-0.4, -0.2) is 27.4 Å². The van der Waals surface area contributed by atoms with Gasteiger partial charge in [-0.1, -0.05) is 23.7 Å². The molecule has 5 heteroatoms. The molecule has 0 aliphatic rings. The first-order chi connectivity index (χ1) is 7.82. The maximum atomic E-state index is 10.4. The van der Waals surface area contributed by atoms with Gasteiger partial charge in [0, 0.05) is 5.02 Å². The minimum absolute atomic E-state index is 0.471. The Balaban J connectivity index is 2.96. The largest absolute Gasteiger partial charge is 0.481 e. The molecular formula is C12H15ClO4.